The number of ether oxygens (including phenoxy) is 4. The average Bonchev–Trinajstić information content (AvgIpc) is 2.96. The molecule has 1 fully saturated rings. The Hall–Kier alpha value is -3.54. The molecule has 1 amide bonds. The number of rotatable bonds is 14. The molecule has 0 bridgehead atoms. The Balaban J connectivity index is 1.67. The molecule has 2 aromatic carbocycles. The lowest BCUT2D eigenvalue weighted by Crippen LogP contribution is -2.49. The van der Waals surface area contributed by atoms with E-state index in [1.165, 1.54) is 24.0 Å². The molecule has 1 aliphatic rings. The van der Waals surface area contributed by atoms with Crippen LogP contribution in [0.4, 0.5) is 10.5 Å². The van der Waals surface area contributed by atoms with Crippen LogP contribution < -0.4 is 4.74 Å². The van der Waals surface area contributed by atoms with E-state index in [9.17, 15) is 19.7 Å². The minimum atomic E-state index is -0.825. The van der Waals surface area contributed by atoms with Crippen molar-refractivity contribution in [1.82, 2.24) is 9.80 Å². The highest BCUT2D eigenvalue weighted by Crippen LogP contribution is 2.38. The van der Waals surface area contributed by atoms with E-state index in [0.29, 0.717) is 25.1 Å². The summed E-state index contributed by atoms with van der Waals surface area (Å²) < 4.78 is 23.7. The molecule has 0 spiro atoms. The summed E-state index contributed by atoms with van der Waals surface area (Å²) in [5, 5.41) is 12.0. The van der Waals surface area contributed by atoms with E-state index in [1.807, 2.05) is 83.9 Å². The molecule has 5 atom stereocenters. The zero-order valence-corrected chi connectivity index (χ0v) is 27.1. The van der Waals surface area contributed by atoms with Gasteiger partial charge in [0.15, 0.2) is 11.5 Å². The molecule has 1 heterocycles. The fourth-order valence-corrected chi connectivity index (χ4v) is 5.17. The van der Waals surface area contributed by atoms with Crippen LogP contribution in [0.1, 0.15) is 52.7 Å². The van der Waals surface area contributed by atoms with Gasteiger partial charge in [0.05, 0.1) is 10.5 Å². The lowest BCUT2D eigenvalue weighted by Gasteiger charge is -2.42. The number of benzene rings is 2. The monoisotopic (exact) mass is 613 g/mol. The van der Waals surface area contributed by atoms with Crippen LogP contribution in [-0.4, -0.2) is 78.5 Å². The van der Waals surface area contributed by atoms with Gasteiger partial charge in [0.25, 0.3) is 0 Å². The molecule has 11 heteroatoms. The van der Waals surface area contributed by atoms with Crippen LogP contribution in [0.3, 0.4) is 0 Å². The lowest BCUT2D eigenvalue weighted by atomic mass is 9.78. The maximum absolute atomic E-state index is 13.1. The summed E-state index contributed by atoms with van der Waals surface area (Å²) >= 11 is 0. The van der Waals surface area contributed by atoms with Gasteiger partial charge in [0.1, 0.15) is 19.4 Å². The second-order valence-corrected chi connectivity index (χ2v) is 12.6. The van der Waals surface area contributed by atoms with Gasteiger partial charge in [0.2, 0.25) is 6.29 Å². The van der Waals surface area contributed by atoms with Gasteiger partial charge in [-0.2, -0.15) is 0 Å². The lowest BCUT2D eigenvalue weighted by molar-refractivity contribution is -0.386. The Morgan fingerprint density at radius 3 is 2.27 bits per heavy atom. The molecular formula is C33H47N3O8. The molecule has 0 radical (unpaired) electrons. The van der Waals surface area contributed by atoms with Crippen LogP contribution in [0, 0.1) is 27.9 Å². The van der Waals surface area contributed by atoms with E-state index in [2.05, 4.69) is 0 Å². The van der Waals surface area contributed by atoms with Crippen molar-refractivity contribution in [2.75, 3.05) is 33.9 Å². The molecule has 3 rings (SSSR count). The Bertz CT molecular complexity index is 1270. The van der Waals surface area contributed by atoms with Crippen molar-refractivity contribution in [3.05, 3.63) is 69.8 Å². The van der Waals surface area contributed by atoms with Crippen molar-refractivity contribution < 1.29 is 33.5 Å². The fraction of sp³-hybridized carbons (Fsp3) is 0.576. The van der Waals surface area contributed by atoms with Crippen LogP contribution >= 0.6 is 0 Å². The second-order valence-electron chi connectivity index (χ2n) is 12.6. The normalized spacial score (nSPS) is 22.0. The maximum atomic E-state index is 13.1. The van der Waals surface area contributed by atoms with Gasteiger partial charge >= 0.3 is 11.8 Å². The zero-order chi connectivity index (χ0) is 32.6. The molecule has 0 N–H and O–H groups in total. The van der Waals surface area contributed by atoms with Gasteiger partial charge in [0, 0.05) is 31.5 Å². The second kappa shape index (κ2) is 15.5. The van der Waals surface area contributed by atoms with E-state index in [1.54, 1.807) is 6.07 Å². The van der Waals surface area contributed by atoms with Crippen molar-refractivity contribution in [1.29, 1.82) is 0 Å². The zero-order valence-electron chi connectivity index (χ0n) is 27.1. The minimum Gasteiger partial charge on any atom is -0.457 e. The molecule has 44 heavy (non-hydrogen) atoms. The van der Waals surface area contributed by atoms with Crippen LogP contribution in [0.25, 0.3) is 0 Å². The standard InChI is InChI=1S/C33H47N3O8/c1-22-23(2)30(25(4)37)44-31(24(22)3)43-29-15-14-27(18-28(29)36(39)40)20-41-32(38)35(17-16-34(7)8)21-42-33(5,6)19-26-12-10-9-11-13-26/h9-15,18,22-24,30-31H,16-17,19-21H2,1-8H3/t22-,23?,24-,30?,31?/m0/s1. The van der Waals surface area contributed by atoms with Gasteiger partial charge in [-0.3, -0.25) is 19.8 Å². The minimum absolute atomic E-state index is 0.00739. The maximum Gasteiger partial charge on any atom is 0.411 e. The van der Waals surface area contributed by atoms with Crippen LogP contribution in [0.5, 0.6) is 5.75 Å². The number of carbonyl (C=O) groups excluding carboxylic acids is 2. The van der Waals surface area contributed by atoms with Crippen LogP contribution in [0.15, 0.2) is 48.5 Å². The van der Waals surface area contributed by atoms with E-state index >= 15 is 0 Å². The molecule has 0 aliphatic carbocycles. The molecular weight excluding hydrogens is 566 g/mol. The van der Waals surface area contributed by atoms with Crippen molar-refractivity contribution in [2.24, 2.45) is 17.8 Å². The molecule has 1 saturated heterocycles. The highest BCUT2D eigenvalue weighted by atomic mass is 16.7. The van der Waals surface area contributed by atoms with Gasteiger partial charge in [-0.25, -0.2) is 4.79 Å². The first-order chi connectivity index (χ1) is 20.7. The summed E-state index contributed by atoms with van der Waals surface area (Å²) in [6.45, 7) is 12.2. The first-order valence-electron chi connectivity index (χ1n) is 15.0. The number of nitro benzene ring substituents is 1. The van der Waals surface area contributed by atoms with E-state index < -0.39 is 29.0 Å². The number of Topliss-reactive ketones (excluding diaryl/α,β-unsaturated/α-hetero) is 1. The van der Waals surface area contributed by atoms with E-state index in [4.69, 9.17) is 18.9 Å². The third kappa shape index (κ3) is 9.73. The number of nitrogens with zero attached hydrogens (tertiary/aromatic N) is 3. The van der Waals surface area contributed by atoms with Crippen molar-refractivity contribution in [3.8, 4) is 5.75 Å². The van der Waals surface area contributed by atoms with Gasteiger partial charge in [-0.15, -0.1) is 0 Å². The summed E-state index contributed by atoms with van der Waals surface area (Å²) in [7, 11) is 3.82. The summed E-state index contributed by atoms with van der Waals surface area (Å²) in [4.78, 5) is 40.2. The predicted molar refractivity (Wildman–Crippen MR) is 166 cm³/mol. The van der Waals surface area contributed by atoms with Crippen molar-refractivity contribution in [3.63, 3.8) is 0 Å². The summed E-state index contributed by atoms with van der Waals surface area (Å²) in [6, 6.07) is 14.4. The number of ketones is 1. The van der Waals surface area contributed by atoms with Crippen molar-refractivity contribution >= 4 is 17.6 Å². The van der Waals surface area contributed by atoms with Crippen LogP contribution in [-0.2, 0) is 32.0 Å². The van der Waals surface area contributed by atoms with Crippen LogP contribution in [0.2, 0.25) is 0 Å². The molecule has 11 nitrogen and oxygen atoms in total. The van der Waals surface area contributed by atoms with E-state index in [-0.39, 0.29) is 48.3 Å². The van der Waals surface area contributed by atoms with E-state index in [0.717, 1.165) is 5.56 Å². The molecule has 0 saturated carbocycles. The Kier molecular flexibility index (Phi) is 12.3. The highest BCUT2D eigenvalue weighted by molar-refractivity contribution is 5.80. The quantitative estimate of drug-likeness (QED) is 0.150. The third-order valence-corrected chi connectivity index (χ3v) is 8.23. The number of hydrogen-bond donors (Lipinski definition) is 0. The third-order valence-electron chi connectivity index (χ3n) is 8.23. The number of hydrogen-bond acceptors (Lipinski definition) is 9. The average molecular weight is 614 g/mol. The molecule has 2 aromatic rings. The first kappa shape index (κ1) is 34.9. The number of nitro groups is 1. The molecule has 242 valence electrons. The summed E-state index contributed by atoms with van der Waals surface area (Å²) in [6.07, 6.45) is -1.39. The van der Waals surface area contributed by atoms with Gasteiger partial charge < -0.3 is 23.8 Å². The molecule has 1 aliphatic heterocycles. The fourth-order valence-electron chi connectivity index (χ4n) is 5.17. The van der Waals surface area contributed by atoms with Gasteiger partial charge in [-0.1, -0.05) is 57.2 Å². The van der Waals surface area contributed by atoms with Crippen molar-refractivity contribution in [2.45, 2.75) is 72.6 Å². The Morgan fingerprint density at radius 1 is 0.977 bits per heavy atom. The predicted octanol–water partition coefficient (Wildman–Crippen LogP) is 5.69. The number of amides is 1. The molecule has 3 unspecified atom stereocenters. The number of likely N-dealkylation sites (N-methyl/N-ethyl adjacent to an activating group) is 1. The summed E-state index contributed by atoms with van der Waals surface area (Å²) in [5.41, 5.74) is 0.738. The smallest absolute Gasteiger partial charge is 0.411 e. The first-order valence-corrected chi connectivity index (χ1v) is 15.0. The Morgan fingerprint density at radius 2 is 1.66 bits per heavy atom. The SMILES string of the molecule is CC(=O)C1OC(Oc2ccc(COC(=O)N(CCN(C)C)COC(C)(C)Cc3ccccc3)cc2[N+](=O)[O-])[C@@H](C)[C@@H](C)C1C. The largest absolute Gasteiger partial charge is 0.457 e. The topological polar surface area (TPSA) is 121 Å². The number of carbonyl (C=O) groups is 2. The highest BCUT2D eigenvalue weighted by Gasteiger charge is 2.42. The Labute approximate surface area is 260 Å². The molecule has 0 aromatic heterocycles. The van der Waals surface area contributed by atoms with Gasteiger partial charge in [-0.05, 0) is 63.9 Å². The summed E-state index contributed by atoms with van der Waals surface area (Å²) in [5.74, 6) is -0.0986.